The van der Waals surface area contributed by atoms with Crippen molar-refractivity contribution in [2.75, 3.05) is 18.4 Å². The molecule has 0 atom stereocenters. The molecule has 1 fully saturated rings. The Labute approximate surface area is 160 Å². The van der Waals surface area contributed by atoms with Crippen LogP contribution in [0.2, 0.25) is 0 Å². The summed E-state index contributed by atoms with van der Waals surface area (Å²) < 4.78 is 27.5. The van der Waals surface area contributed by atoms with Crippen molar-refractivity contribution < 1.29 is 18.3 Å². The number of hydrogen-bond acceptors (Lipinski definition) is 4. The smallest absolute Gasteiger partial charge is 0.256 e. The zero-order valence-electron chi connectivity index (χ0n) is 13.3. The van der Waals surface area contributed by atoms with Gasteiger partial charge in [-0.1, -0.05) is 12.1 Å². The Balaban J connectivity index is 1.90. The maximum Gasteiger partial charge on any atom is 0.256 e. The number of amides is 1. The Morgan fingerprint density at radius 2 is 1.80 bits per heavy atom. The van der Waals surface area contributed by atoms with Gasteiger partial charge >= 0.3 is 0 Å². The van der Waals surface area contributed by atoms with Gasteiger partial charge in [0.25, 0.3) is 5.91 Å². The first kappa shape index (κ1) is 18.2. The number of phenols is 1. The third-order valence-electron chi connectivity index (χ3n) is 4.04. The molecule has 2 aromatic rings. The van der Waals surface area contributed by atoms with Gasteiger partial charge in [0.2, 0.25) is 10.0 Å². The van der Waals surface area contributed by atoms with E-state index in [0.717, 1.165) is 16.4 Å². The van der Waals surface area contributed by atoms with Crippen molar-refractivity contribution in [3.63, 3.8) is 0 Å². The van der Waals surface area contributed by atoms with Crippen molar-refractivity contribution >= 4 is 44.2 Å². The highest BCUT2D eigenvalue weighted by molar-refractivity contribution is 14.1. The molecule has 1 heterocycles. The van der Waals surface area contributed by atoms with E-state index in [1.54, 1.807) is 18.2 Å². The quantitative estimate of drug-likeness (QED) is 0.529. The van der Waals surface area contributed by atoms with Crippen molar-refractivity contribution in [1.82, 2.24) is 4.31 Å². The van der Waals surface area contributed by atoms with Gasteiger partial charge in [-0.05, 0) is 65.8 Å². The van der Waals surface area contributed by atoms with E-state index in [9.17, 15) is 18.3 Å². The van der Waals surface area contributed by atoms with E-state index in [1.165, 1.54) is 22.5 Å². The predicted octanol–water partition coefficient (Wildman–Crippen LogP) is 3.03. The molecule has 0 bridgehead atoms. The first-order chi connectivity index (χ1) is 11.9. The molecule has 6 nitrogen and oxygen atoms in total. The minimum atomic E-state index is -3.62. The summed E-state index contributed by atoms with van der Waals surface area (Å²) in [6.07, 6.45) is 1.68. The Bertz CT molecular complexity index is 909. The van der Waals surface area contributed by atoms with Crippen molar-refractivity contribution in [3.8, 4) is 5.75 Å². The van der Waals surface area contributed by atoms with Crippen LogP contribution in [0.4, 0.5) is 5.69 Å². The molecule has 1 saturated heterocycles. The highest BCUT2D eigenvalue weighted by atomic mass is 127. The van der Waals surface area contributed by atoms with Gasteiger partial charge in [-0.3, -0.25) is 4.79 Å². The van der Waals surface area contributed by atoms with Crippen LogP contribution in [0.3, 0.4) is 0 Å². The molecule has 0 spiro atoms. The summed E-state index contributed by atoms with van der Waals surface area (Å²) in [5.41, 5.74) is 0.528. The number of carbonyl (C=O) groups is 1. The summed E-state index contributed by atoms with van der Waals surface area (Å²) in [5.74, 6) is -0.587. The number of sulfonamides is 1. The molecular formula is C17H17IN2O4S. The first-order valence-electron chi connectivity index (χ1n) is 7.78. The topological polar surface area (TPSA) is 86.7 Å². The van der Waals surface area contributed by atoms with E-state index in [2.05, 4.69) is 5.32 Å². The number of aromatic hydroxyl groups is 1. The molecule has 3 rings (SSSR count). The fourth-order valence-electron chi connectivity index (χ4n) is 2.69. The van der Waals surface area contributed by atoms with E-state index in [-0.39, 0.29) is 16.3 Å². The van der Waals surface area contributed by atoms with Crippen molar-refractivity contribution in [2.24, 2.45) is 0 Å². The number of carbonyl (C=O) groups excluding carboxylic acids is 1. The number of anilines is 1. The second-order valence-corrected chi connectivity index (χ2v) is 8.82. The van der Waals surface area contributed by atoms with Gasteiger partial charge in [-0.25, -0.2) is 8.42 Å². The van der Waals surface area contributed by atoms with Crippen LogP contribution in [0.25, 0.3) is 0 Å². The fraction of sp³-hybridized carbons (Fsp3) is 0.235. The minimum Gasteiger partial charge on any atom is -0.506 e. The summed E-state index contributed by atoms with van der Waals surface area (Å²) in [6, 6.07) is 11.0. The maximum absolute atomic E-state index is 12.6. The summed E-state index contributed by atoms with van der Waals surface area (Å²) in [6.45, 7) is 0.986. The lowest BCUT2D eigenvalue weighted by molar-refractivity contribution is 0.102. The second-order valence-electron chi connectivity index (χ2n) is 5.72. The molecule has 1 aliphatic heterocycles. The molecule has 0 aliphatic carbocycles. The fourth-order valence-corrected chi connectivity index (χ4v) is 4.86. The summed E-state index contributed by atoms with van der Waals surface area (Å²) in [7, 11) is -3.62. The largest absolute Gasteiger partial charge is 0.506 e. The lowest BCUT2D eigenvalue weighted by Gasteiger charge is -2.17. The molecule has 0 aromatic heterocycles. The Morgan fingerprint density at radius 1 is 1.12 bits per heavy atom. The van der Waals surface area contributed by atoms with Gasteiger partial charge in [-0.15, -0.1) is 0 Å². The lowest BCUT2D eigenvalue weighted by Crippen LogP contribution is -2.28. The summed E-state index contributed by atoms with van der Waals surface area (Å²) in [4.78, 5) is 12.5. The Kier molecular flexibility index (Phi) is 5.30. The molecule has 25 heavy (non-hydrogen) atoms. The second kappa shape index (κ2) is 7.30. The Morgan fingerprint density at radius 3 is 2.48 bits per heavy atom. The van der Waals surface area contributed by atoms with Crippen LogP contribution in [0, 0.1) is 3.57 Å². The van der Waals surface area contributed by atoms with Gasteiger partial charge < -0.3 is 10.4 Å². The molecule has 2 N–H and O–H groups in total. The van der Waals surface area contributed by atoms with Crippen LogP contribution in [-0.2, 0) is 10.0 Å². The normalized spacial score (nSPS) is 15.2. The highest BCUT2D eigenvalue weighted by Gasteiger charge is 2.28. The standard InChI is InChI=1S/C17H17IN2O4S/c18-14-6-2-1-5-13(14)17(22)19-15-11-12(7-8-16(15)21)25(23,24)20-9-3-4-10-20/h1-2,5-8,11,21H,3-4,9-10H2,(H,19,22). The molecule has 2 aromatic carbocycles. The molecule has 0 unspecified atom stereocenters. The molecule has 1 amide bonds. The number of hydrogen-bond donors (Lipinski definition) is 2. The van der Waals surface area contributed by atoms with E-state index < -0.39 is 15.9 Å². The number of rotatable bonds is 4. The van der Waals surface area contributed by atoms with Crippen LogP contribution in [0.5, 0.6) is 5.75 Å². The molecular weight excluding hydrogens is 455 g/mol. The first-order valence-corrected chi connectivity index (χ1v) is 10.3. The van der Waals surface area contributed by atoms with Gasteiger partial charge in [-0.2, -0.15) is 4.31 Å². The van der Waals surface area contributed by atoms with E-state index >= 15 is 0 Å². The van der Waals surface area contributed by atoms with Crippen LogP contribution in [0.1, 0.15) is 23.2 Å². The van der Waals surface area contributed by atoms with Crippen molar-refractivity contribution in [2.45, 2.75) is 17.7 Å². The zero-order valence-corrected chi connectivity index (χ0v) is 16.2. The lowest BCUT2D eigenvalue weighted by atomic mass is 10.2. The van der Waals surface area contributed by atoms with Crippen LogP contribution >= 0.6 is 22.6 Å². The number of phenolic OH excluding ortho intramolecular Hbond substituents is 1. The average Bonchev–Trinajstić information content (AvgIpc) is 3.12. The van der Waals surface area contributed by atoms with Crippen molar-refractivity contribution in [3.05, 3.63) is 51.6 Å². The third-order valence-corrected chi connectivity index (χ3v) is 6.87. The predicted molar refractivity (Wildman–Crippen MR) is 103 cm³/mol. The molecule has 8 heteroatoms. The molecule has 0 radical (unpaired) electrons. The molecule has 0 saturated carbocycles. The number of nitrogens with zero attached hydrogens (tertiary/aromatic N) is 1. The maximum atomic E-state index is 12.6. The third kappa shape index (κ3) is 3.80. The monoisotopic (exact) mass is 472 g/mol. The SMILES string of the molecule is O=C(Nc1cc(S(=O)(=O)N2CCCC2)ccc1O)c1ccccc1I. The van der Waals surface area contributed by atoms with Gasteiger partial charge in [0, 0.05) is 16.7 Å². The molecule has 132 valence electrons. The summed E-state index contributed by atoms with van der Waals surface area (Å²) in [5, 5.41) is 12.6. The van der Waals surface area contributed by atoms with Crippen LogP contribution < -0.4 is 5.32 Å². The molecule has 1 aliphatic rings. The number of nitrogens with one attached hydrogen (secondary N) is 1. The van der Waals surface area contributed by atoms with Gasteiger partial charge in [0.1, 0.15) is 5.75 Å². The van der Waals surface area contributed by atoms with Crippen molar-refractivity contribution in [1.29, 1.82) is 0 Å². The summed E-state index contributed by atoms with van der Waals surface area (Å²) >= 11 is 2.05. The van der Waals surface area contributed by atoms with Gasteiger partial charge in [0.15, 0.2) is 0 Å². The van der Waals surface area contributed by atoms with Crippen LogP contribution in [0.15, 0.2) is 47.4 Å². The van der Waals surface area contributed by atoms with Gasteiger partial charge in [0.05, 0.1) is 16.1 Å². The van der Waals surface area contributed by atoms with Crippen LogP contribution in [-0.4, -0.2) is 36.8 Å². The average molecular weight is 472 g/mol. The highest BCUT2D eigenvalue weighted by Crippen LogP contribution is 2.30. The Hall–Kier alpha value is -1.65. The number of benzene rings is 2. The number of halogens is 1. The zero-order chi connectivity index (χ0) is 18.0. The van der Waals surface area contributed by atoms with E-state index in [1.807, 2.05) is 28.7 Å². The van der Waals surface area contributed by atoms with E-state index in [4.69, 9.17) is 0 Å². The van der Waals surface area contributed by atoms with E-state index in [0.29, 0.717) is 18.7 Å². The minimum absolute atomic E-state index is 0.0604.